The lowest BCUT2D eigenvalue weighted by molar-refractivity contribution is -0.305. The highest BCUT2D eigenvalue weighted by Crippen LogP contribution is 2.22. The molecule has 0 amide bonds. The summed E-state index contributed by atoms with van der Waals surface area (Å²) in [5, 5.41) is 39.8. The van der Waals surface area contributed by atoms with Crippen molar-refractivity contribution in [2.75, 3.05) is 19.8 Å². The first-order valence-electron chi connectivity index (χ1n) is 19.1. The molecule has 1 aliphatic heterocycles. The first kappa shape index (κ1) is 43.7. The minimum Gasteiger partial charge on any atom is -0.462 e. The van der Waals surface area contributed by atoms with Crippen LogP contribution in [0.1, 0.15) is 168 Å². The number of hydrogen-bond donors (Lipinski definition) is 4. The number of carbonyl (C=O) groups excluding carboxylic acids is 2. The fraction of sp³-hybridized carbons (Fsp3) is 0.946. The third-order valence-corrected chi connectivity index (χ3v) is 8.99. The summed E-state index contributed by atoms with van der Waals surface area (Å²) in [5.41, 5.74) is 0. The molecule has 6 atom stereocenters. The first-order chi connectivity index (χ1) is 22.8. The lowest BCUT2D eigenvalue weighted by Gasteiger charge is -2.39. The number of hydrogen-bond acceptors (Lipinski definition) is 10. The van der Waals surface area contributed by atoms with Gasteiger partial charge < -0.3 is 39.4 Å². The van der Waals surface area contributed by atoms with Crippen molar-refractivity contribution in [2.45, 2.75) is 205 Å². The van der Waals surface area contributed by atoms with Gasteiger partial charge in [0, 0.05) is 12.8 Å². The largest absolute Gasteiger partial charge is 0.462 e. The maximum atomic E-state index is 12.7. The minimum absolute atomic E-state index is 0.210. The van der Waals surface area contributed by atoms with E-state index < -0.39 is 49.4 Å². The van der Waals surface area contributed by atoms with Crippen LogP contribution in [0.4, 0.5) is 0 Å². The van der Waals surface area contributed by atoms with Crippen LogP contribution in [0, 0.1) is 0 Å². The Morgan fingerprint density at radius 1 is 0.574 bits per heavy atom. The van der Waals surface area contributed by atoms with Crippen LogP contribution in [-0.2, 0) is 28.5 Å². The molecule has 1 heterocycles. The van der Waals surface area contributed by atoms with Crippen LogP contribution >= 0.6 is 0 Å². The zero-order valence-electron chi connectivity index (χ0n) is 29.8. The predicted octanol–water partition coefficient (Wildman–Crippen LogP) is 6.66. The van der Waals surface area contributed by atoms with Crippen LogP contribution < -0.4 is 0 Å². The van der Waals surface area contributed by atoms with Crippen molar-refractivity contribution in [1.82, 2.24) is 0 Å². The van der Waals surface area contributed by atoms with Gasteiger partial charge in [0.1, 0.15) is 31.0 Å². The second kappa shape index (κ2) is 29.6. The van der Waals surface area contributed by atoms with Crippen molar-refractivity contribution in [3.05, 3.63) is 0 Å². The zero-order chi connectivity index (χ0) is 34.5. The Morgan fingerprint density at radius 3 is 1.45 bits per heavy atom. The van der Waals surface area contributed by atoms with Crippen LogP contribution in [0.25, 0.3) is 0 Å². The smallest absolute Gasteiger partial charge is 0.306 e. The van der Waals surface area contributed by atoms with E-state index in [9.17, 15) is 30.0 Å². The molecule has 10 heteroatoms. The summed E-state index contributed by atoms with van der Waals surface area (Å²) in [6.07, 6.45) is 18.3. The Bertz CT molecular complexity index is 749. The molecule has 0 aromatic heterocycles. The van der Waals surface area contributed by atoms with Crippen molar-refractivity contribution < 1.29 is 49.0 Å². The molecule has 1 aliphatic rings. The molecule has 278 valence electrons. The highest BCUT2D eigenvalue weighted by Gasteiger charge is 2.44. The van der Waals surface area contributed by atoms with Gasteiger partial charge in [-0.1, -0.05) is 142 Å². The van der Waals surface area contributed by atoms with Gasteiger partial charge in [0.15, 0.2) is 12.4 Å². The third kappa shape index (κ3) is 22.1. The molecule has 0 aromatic carbocycles. The molecule has 0 radical (unpaired) electrons. The summed E-state index contributed by atoms with van der Waals surface area (Å²) in [6, 6.07) is 0. The van der Waals surface area contributed by atoms with Gasteiger partial charge in [0.2, 0.25) is 0 Å². The molecule has 10 nitrogen and oxygen atoms in total. The van der Waals surface area contributed by atoms with Crippen LogP contribution in [0.2, 0.25) is 0 Å². The van der Waals surface area contributed by atoms with Crippen molar-refractivity contribution in [3.8, 4) is 0 Å². The molecule has 0 spiro atoms. The summed E-state index contributed by atoms with van der Waals surface area (Å²) in [5.74, 6) is -0.801. The first-order valence-corrected chi connectivity index (χ1v) is 19.1. The maximum absolute atomic E-state index is 12.7. The van der Waals surface area contributed by atoms with Gasteiger partial charge in [-0.2, -0.15) is 0 Å². The van der Waals surface area contributed by atoms with E-state index in [-0.39, 0.29) is 32.0 Å². The molecule has 1 saturated heterocycles. The van der Waals surface area contributed by atoms with Gasteiger partial charge >= 0.3 is 11.9 Å². The average molecular weight is 675 g/mol. The summed E-state index contributed by atoms with van der Waals surface area (Å²) >= 11 is 0. The van der Waals surface area contributed by atoms with Crippen molar-refractivity contribution in [3.63, 3.8) is 0 Å². The normalized spacial score (nSPS) is 21.9. The number of esters is 2. The van der Waals surface area contributed by atoms with Gasteiger partial charge in [-0.15, -0.1) is 0 Å². The van der Waals surface area contributed by atoms with E-state index >= 15 is 0 Å². The second-order valence-electron chi connectivity index (χ2n) is 13.4. The van der Waals surface area contributed by atoms with E-state index in [1.54, 1.807) is 0 Å². The molecule has 0 bridgehead atoms. The Balaban J connectivity index is 2.40. The Labute approximate surface area is 285 Å². The van der Waals surface area contributed by atoms with Crippen LogP contribution in [0.15, 0.2) is 0 Å². The molecule has 1 rings (SSSR count). The summed E-state index contributed by atoms with van der Waals surface area (Å²) in [6.45, 7) is 3.39. The monoisotopic (exact) mass is 674 g/mol. The van der Waals surface area contributed by atoms with Crippen LogP contribution in [0.5, 0.6) is 0 Å². The van der Waals surface area contributed by atoms with Gasteiger partial charge in [-0.25, -0.2) is 0 Å². The highest BCUT2D eigenvalue weighted by molar-refractivity contribution is 5.70. The summed E-state index contributed by atoms with van der Waals surface area (Å²) < 4.78 is 22.0. The van der Waals surface area contributed by atoms with Crippen LogP contribution in [0.3, 0.4) is 0 Å². The molecule has 0 aliphatic carbocycles. The summed E-state index contributed by atoms with van der Waals surface area (Å²) in [4.78, 5) is 25.1. The zero-order valence-corrected chi connectivity index (χ0v) is 29.8. The van der Waals surface area contributed by atoms with Gasteiger partial charge in [0.25, 0.3) is 0 Å². The molecule has 6 unspecified atom stereocenters. The lowest BCUT2D eigenvalue weighted by Crippen LogP contribution is -2.59. The van der Waals surface area contributed by atoms with Crippen LogP contribution in [-0.4, -0.2) is 89.0 Å². The number of aliphatic hydroxyl groups excluding tert-OH is 4. The average Bonchev–Trinajstić information content (AvgIpc) is 3.06. The van der Waals surface area contributed by atoms with Gasteiger partial charge in [0.05, 0.1) is 13.2 Å². The van der Waals surface area contributed by atoms with Crippen molar-refractivity contribution >= 4 is 11.9 Å². The highest BCUT2D eigenvalue weighted by atomic mass is 16.7. The Morgan fingerprint density at radius 2 is 1.00 bits per heavy atom. The Kier molecular flexibility index (Phi) is 27.5. The number of carbonyl (C=O) groups is 2. The van der Waals surface area contributed by atoms with Crippen molar-refractivity contribution in [2.24, 2.45) is 0 Å². The SMILES string of the molecule is CCCCCCCCCCCCCCC(=O)OC(COC(=O)CCCCCCCCCCCC)COC1OC(CO)C(O)C(O)C1O. The van der Waals surface area contributed by atoms with Gasteiger partial charge in [-0.3, -0.25) is 9.59 Å². The van der Waals surface area contributed by atoms with Crippen molar-refractivity contribution in [1.29, 1.82) is 0 Å². The molecular formula is C37H70O10. The second-order valence-corrected chi connectivity index (χ2v) is 13.4. The fourth-order valence-electron chi connectivity index (χ4n) is 5.89. The van der Waals surface area contributed by atoms with E-state index in [4.69, 9.17) is 18.9 Å². The molecular weight excluding hydrogens is 604 g/mol. The van der Waals surface area contributed by atoms with E-state index in [0.29, 0.717) is 6.42 Å². The number of rotatable bonds is 31. The molecule has 4 N–H and O–H groups in total. The maximum Gasteiger partial charge on any atom is 0.306 e. The topological polar surface area (TPSA) is 152 Å². The number of unbranched alkanes of at least 4 members (excludes halogenated alkanes) is 20. The predicted molar refractivity (Wildman–Crippen MR) is 183 cm³/mol. The van der Waals surface area contributed by atoms with E-state index in [1.807, 2.05) is 0 Å². The van der Waals surface area contributed by atoms with E-state index in [2.05, 4.69) is 13.8 Å². The molecule has 47 heavy (non-hydrogen) atoms. The van der Waals surface area contributed by atoms with E-state index in [0.717, 1.165) is 38.5 Å². The third-order valence-electron chi connectivity index (χ3n) is 8.99. The molecule has 0 aromatic rings. The minimum atomic E-state index is -1.59. The standard InChI is InChI=1S/C37H70O10/c1-3-5-7-9-11-13-15-16-18-20-22-24-26-33(40)46-30(29-45-37-36(43)35(42)34(41)31(27-38)47-37)28-44-32(39)25-23-21-19-17-14-12-10-8-6-4-2/h30-31,34-38,41-43H,3-29H2,1-2H3. The summed E-state index contributed by atoms with van der Waals surface area (Å²) in [7, 11) is 0. The number of ether oxygens (including phenoxy) is 4. The molecule has 0 saturated carbocycles. The number of aliphatic hydroxyl groups is 4. The van der Waals surface area contributed by atoms with E-state index in [1.165, 1.54) is 96.3 Å². The fourth-order valence-corrected chi connectivity index (χ4v) is 5.89. The quantitative estimate of drug-likeness (QED) is 0.0464. The molecule has 1 fully saturated rings. The Hall–Kier alpha value is -1.30. The lowest BCUT2D eigenvalue weighted by atomic mass is 9.99. The van der Waals surface area contributed by atoms with Gasteiger partial charge in [-0.05, 0) is 12.8 Å².